The van der Waals surface area contributed by atoms with E-state index in [-0.39, 0.29) is 13.2 Å². The van der Waals surface area contributed by atoms with Crippen LogP contribution >= 0.6 is 0 Å². The molecule has 1 atom stereocenters. The lowest BCUT2D eigenvalue weighted by molar-refractivity contribution is -0.153. The van der Waals surface area contributed by atoms with Crippen molar-refractivity contribution in [3.05, 3.63) is 41.6 Å². The highest BCUT2D eigenvalue weighted by molar-refractivity contribution is 5.89. The molecule has 1 heterocycles. The molecule has 1 aliphatic heterocycles. The number of carbonyl (C=O) groups is 2. The van der Waals surface area contributed by atoms with Gasteiger partial charge in [0.15, 0.2) is 0 Å². The van der Waals surface area contributed by atoms with Gasteiger partial charge in [0.05, 0.1) is 13.2 Å². The highest BCUT2D eigenvalue weighted by atomic mass is 16.6. The fraction of sp³-hybridized carbons (Fsp3) is 0.412. The highest BCUT2D eigenvalue weighted by Crippen LogP contribution is 2.19. The molecule has 1 aliphatic rings. The van der Waals surface area contributed by atoms with Crippen molar-refractivity contribution in [2.75, 3.05) is 25.0 Å². The molecule has 1 aromatic carbocycles. The van der Waals surface area contributed by atoms with Crippen molar-refractivity contribution in [2.24, 2.45) is 0 Å². The van der Waals surface area contributed by atoms with Crippen LogP contribution in [0.5, 0.6) is 0 Å². The summed E-state index contributed by atoms with van der Waals surface area (Å²) in [5.74, 6) is -0.573. The van der Waals surface area contributed by atoms with Gasteiger partial charge < -0.3 is 14.5 Å². The molecule has 7 heteroatoms. The second kappa shape index (κ2) is 8.35. The highest BCUT2D eigenvalue weighted by Gasteiger charge is 2.27. The average molecular weight is 333 g/mol. The zero-order valence-corrected chi connectivity index (χ0v) is 14.2. The van der Waals surface area contributed by atoms with Gasteiger partial charge in [0.1, 0.15) is 0 Å². The molecule has 2 rings (SSSR count). The molecule has 0 saturated heterocycles. The lowest BCUT2D eigenvalue weighted by atomic mass is 10.1. The van der Waals surface area contributed by atoms with Crippen molar-refractivity contribution in [3.63, 3.8) is 0 Å². The van der Waals surface area contributed by atoms with Crippen LogP contribution in [0.25, 0.3) is 0 Å². The van der Waals surface area contributed by atoms with E-state index >= 15 is 0 Å². The quantitative estimate of drug-likeness (QED) is 0.776. The number of anilines is 1. The van der Waals surface area contributed by atoms with Gasteiger partial charge in [-0.25, -0.2) is 15.0 Å². The molecule has 0 aliphatic carbocycles. The normalized spacial score (nSPS) is 14.4. The number of para-hydroxylation sites is 1. The van der Waals surface area contributed by atoms with E-state index in [0.29, 0.717) is 12.2 Å². The first-order valence-corrected chi connectivity index (χ1v) is 7.88. The second-order valence-corrected chi connectivity index (χ2v) is 5.44. The van der Waals surface area contributed by atoms with Gasteiger partial charge in [-0.2, -0.15) is 0 Å². The largest absolute Gasteiger partial charge is 0.463 e. The summed E-state index contributed by atoms with van der Waals surface area (Å²) in [4.78, 5) is 24.3. The van der Waals surface area contributed by atoms with Crippen LogP contribution in [0.1, 0.15) is 18.1 Å². The van der Waals surface area contributed by atoms with Gasteiger partial charge in [0.25, 0.3) is 0 Å². The predicted molar refractivity (Wildman–Crippen MR) is 90.3 cm³/mol. The Labute approximate surface area is 141 Å². The molecule has 0 bridgehead atoms. The van der Waals surface area contributed by atoms with Crippen molar-refractivity contribution in [1.29, 1.82) is 0 Å². The monoisotopic (exact) mass is 333 g/mol. The molecule has 1 amide bonds. The minimum atomic E-state index is -1.02. The van der Waals surface area contributed by atoms with E-state index in [0.717, 1.165) is 11.1 Å². The molecule has 0 radical (unpaired) electrons. The first kappa shape index (κ1) is 17.8. The molecule has 0 spiro atoms. The zero-order chi connectivity index (χ0) is 17.5. The number of esters is 1. The maximum atomic E-state index is 12.2. The maximum Gasteiger partial charge on any atom is 0.412 e. The third-order valence-electron chi connectivity index (χ3n) is 3.57. The van der Waals surface area contributed by atoms with Gasteiger partial charge in [-0.15, -0.1) is 0 Å². The van der Waals surface area contributed by atoms with E-state index in [2.05, 4.69) is 10.7 Å². The third-order valence-corrected chi connectivity index (χ3v) is 3.57. The molecule has 7 nitrogen and oxygen atoms in total. The molecule has 0 fully saturated rings. The Bertz CT molecular complexity index is 610. The van der Waals surface area contributed by atoms with Crippen molar-refractivity contribution in [3.8, 4) is 0 Å². The molecule has 24 heavy (non-hydrogen) atoms. The topological polar surface area (TPSA) is 79.9 Å². The summed E-state index contributed by atoms with van der Waals surface area (Å²) in [6.07, 6.45) is 1.98. The lowest BCUT2D eigenvalue weighted by Crippen LogP contribution is -2.43. The van der Waals surface area contributed by atoms with Crippen LogP contribution in [0.4, 0.5) is 10.5 Å². The van der Waals surface area contributed by atoms with Crippen molar-refractivity contribution in [1.82, 2.24) is 10.4 Å². The van der Waals surface area contributed by atoms with Crippen LogP contribution in [0.15, 0.2) is 30.5 Å². The molecule has 0 saturated carbocycles. The molecule has 130 valence electrons. The summed E-state index contributed by atoms with van der Waals surface area (Å²) in [6.45, 7) is 6.56. The predicted octanol–water partition coefficient (Wildman–Crippen LogP) is 2.12. The van der Waals surface area contributed by atoms with Gasteiger partial charge in [-0.3, -0.25) is 5.32 Å². The van der Waals surface area contributed by atoms with Crippen molar-refractivity contribution in [2.45, 2.75) is 26.9 Å². The summed E-state index contributed by atoms with van der Waals surface area (Å²) in [5.41, 5.74) is 5.55. The summed E-state index contributed by atoms with van der Waals surface area (Å²) in [7, 11) is 0. The fourth-order valence-electron chi connectivity index (χ4n) is 2.37. The van der Waals surface area contributed by atoms with Crippen LogP contribution in [-0.4, -0.2) is 42.9 Å². The molecule has 0 aromatic heterocycles. The average Bonchev–Trinajstić information content (AvgIpc) is 3.04. The smallest absolute Gasteiger partial charge is 0.412 e. The third kappa shape index (κ3) is 4.73. The van der Waals surface area contributed by atoms with Crippen LogP contribution < -0.4 is 10.7 Å². The number of amides is 1. The van der Waals surface area contributed by atoms with Crippen molar-refractivity contribution >= 4 is 17.7 Å². The first-order valence-electron chi connectivity index (χ1n) is 7.88. The van der Waals surface area contributed by atoms with Gasteiger partial charge in [0, 0.05) is 18.4 Å². The Morgan fingerprint density at radius 1 is 1.33 bits per heavy atom. The first-order chi connectivity index (χ1) is 11.5. The Balaban J connectivity index is 2.02. The number of hydrogen-bond acceptors (Lipinski definition) is 6. The molecular formula is C17H23N3O4. The number of rotatable bonds is 6. The SMILES string of the molecule is CCOC(=O)C(CN1C=CCN1)OC(=O)Nc1c(C)cccc1C. The Morgan fingerprint density at radius 3 is 2.62 bits per heavy atom. The molecule has 1 unspecified atom stereocenters. The molecule has 2 N–H and O–H groups in total. The van der Waals surface area contributed by atoms with E-state index < -0.39 is 18.2 Å². The van der Waals surface area contributed by atoms with Crippen LogP contribution in [0, 0.1) is 13.8 Å². The van der Waals surface area contributed by atoms with Crippen molar-refractivity contribution < 1.29 is 19.1 Å². The number of benzene rings is 1. The Hall–Kier alpha value is -2.54. The lowest BCUT2D eigenvalue weighted by Gasteiger charge is -2.23. The van der Waals surface area contributed by atoms with E-state index in [1.807, 2.05) is 38.1 Å². The Morgan fingerprint density at radius 2 is 2.04 bits per heavy atom. The van der Waals surface area contributed by atoms with E-state index in [9.17, 15) is 9.59 Å². The standard InChI is InChI=1S/C17H23N3O4/c1-4-23-16(21)14(11-20-10-6-9-18-20)24-17(22)19-15-12(2)7-5-8-13(15)3/h5-8,10,14,18H,4,9,11H2,1-3H3,(H,19,22). The maximum absolute atomic E-state index is 12.2. The van der Waals surface area contributed by atoms with Gasteiger partial charge in [-0.1, -0.05) is 24.3 Å². The van der Waals surface area contributed by atoms with E-state index in [1.54, 1.807) is 18.1 Å². The summed E-state index contributed by atoms with van der Waals surface area (Å²) in [6, 6.07) is 5.70. The minimum absolute atomic E-state index is 0.176. The van der Waals surface area contributed by atoms with Gasteiger partial charge >= 0.3 is 12.1 Å². The van der Waals surface area contributed by atoms with E-state index in [4.69, 9.17) is 9.47 Å². The zero-order valence-electron chi connectivity index (χ0n) is 14.2. The van der Waals surface area contributed by atoms with Gasteiger partial charge in [0.2, 0.25) is 6.10 Å². The Kier molecular flexibility index (Phi) is 6.20. The fourth-order valence-corrected chi connectivity index (χ4v) is 2.37. The second-order valence-electron chi connectivity index (χ2n) is 5.44. The summed E-state index contributed by atoms with van der Waals surface area (Å²) < 4.78 is 10.3. The summed E-state index contributed by atoms with van der Waals surface area (Å²) >= 11 is 0. The molecule has 1 aromatic rings. The number of nitrogens with one attached hydrogen (secondary N) is 2. The number of carbonyl (C=O) groups excluding carboxylic acids is 2. The minimum Gasteiger partial charge on any atom is -0.463 e. The number of hydrogen-bond donors (Lipinski definition) is 2. The van der Waals surface area contributed by atoms with Crippen LogP contribution in [-0.2, 0) is 14.3 Å². The van der Waals surface area contributed by atoms with E-state index in [1.165, 1.54) is 0 Å². The number of hydrazine groups is 1. The molecular weight excluding hydrogens is 310 g/mol. The number of nitrogens with zero attached hydrogens (tertiary/aromatic N) is 1. The number of aryl methyl sites for hydroxylation is 2. The van der Waals surface area contributed by atoms with Gasteiger partial charge in [-0.05, 0) is 31.9 Å². The van der Waals surface area contributed by atoms with Crippen LogP contribution in [0.3, 0.4) is 0 Å². The van der Waals surface area contributed by atoms with Crippen LogP contribution in [0.2, 0.25) is 0 Å². The number of ether oxygens (including phenoxy) is 2. The summed E-state index contributed by atoms with van der Waals surface area (Å²) in [5, 5.41) is 4.39.